The zero-order chi connectivity index (χ0) is 19.6. The fourth-order valence-corrected chi connectivity index (χ4v) is 3.02. The molecular weight excluding hydrogens is 342 g/mol. The number of urea groups is 1. The maximum atomic E-state index is 13.2. The first-order valence-corrected chi connectivity index (χ1v) is 8.76. The van der Waals surface area contributed by atoms with Crippen molar-refractivity contribution < 1.29 is 9.53 Å². The molecule has 27 heavy (non-hydrogen) atoms. The highest BCUT2D eigenvalue weighted by Crippen LogP contribution is 2.30. The lowest BCUT2D eigenvalue weighted by molar-refractivity contribution is 0.191. The molecule has 2 aromatic rings. The second kappa shape index (κ2) is 7.23. The van der Waals surface area contributed by atoms with Crippen LogP contribution in [0.3, 0.4) is 0 Å². The van der Waals surface area contributed by atoms with Gasteiger partial charge in [0.25, 0.3) is 0 Å². The maximum Gasteiger partial charge on any atom is 0.326 e. The third kappa shape index (κ3) is 4.17. The summed E-state index contributed by atoms with van der Waals surface area (Å²) in [5, 5.41) is 9.11. The number of rotatable bonds is 4. The van der Waals surface area contributed by atoms with E-state index < -0.39 is 0 Å². The van der Waals surface area contributed by atoms with Crippen LogP contribution in [0.5, 0.6) is 5.75 Å². The first-order valence-electron chi connectivity index (χ1n) is 8.76. The molecule has 1 aromatic carbocycles. The molecule has 7 nitrogen and oxygen atoms in total. The fraction of sp³-hybridized carbons (Fsp3) is 0.400. The number of ether oxygens (including phenoxy) is 1. The summed E-state index contributed by atoms with van der Waals surface area (Å²) in [5.74, 6) is 1.39. The number of benzene rings is 1. The minimum Gasteiger partial charge on any atom is -0.497 e. The van der Waals surface area contributed by atoms with E-state index in [9.17, 15) is 4.79 Å². The summed E-state index contributed by atoms with van der Waals surface area (Å²) in [7, 11) is 1.62. The first kappa shape index (κ1) is 18.6. The van der Waals surface area contributed by atoms with Gasteiger partial charge in [-0.1, -0.05) is 32.9 Å². The van der Waals surface area contributed by atoms with Gasteiger partial charge in [-0.15, -0.1) is 0 Å². The Morgan fingerprint density at radius 2 is 1.96 bits per heavy atom. The van der Waals surface area contributed by atoms with Gasteiger partial charge in [0.1, 0.15) is 17.6 Å². The molecule has 0 N–H and O–H groups in total. The molecule has 0 bridgehead atoms. The van der Waals surface area contributed by atoms with Gasteiger partial charge in [-0.25, -0.2) is 14.8 Å². The van der Waals surface area contributed by atoms with Crippen LogP contribution in [0.15, 0.2) is 30.5 Å². The fourth-order valence-electron chi connectivity index (χ4n) is 3.02. The summed E-state index contributed by atoms with van der Waals surface area (Å²) in [4.78, 5) is 25.0. The van der Waals surface area contributed by atoms with Gasteiger partial charge in [-0.3, -0.25) is 4.90 Å². The molecule has 3 rings (SSSR count). The Balaban J connectivity index is 1.92. The number of carbonyl (C=O) groups is 1. The number of amides is 2. The van der Waals surface area contributed by atoms with Crippen LogP contribution in [0.2, 0.25) is 0 Å². The summed E-state index contributed by atoms with van der Waals surface area (Å²) in [6, 6.07) is 9.50. The summed E-state index contributed by atoms with van der Waals surface area (Å²) in [6.07, 6.45) is 1.64. The van der Waals surface area contributed by atoms with Gasteiger partial charge < -0.3 is 9.64 Å². The lowest BCUT2D eigenvalue weighted by Crippen LogP contribution is -2.50. The van der Waals surface area contributed by atoms with E-state index in [2.05, 4.69) is 30.7 Å². The van der Waals surface area contributed by atoms with Crippen LogP contribution in [0.4, 0.5) is 10.6 Å². The summed E-state index contributed by atoms with van der Waals surface area (Å²) in [6.45, 7) is 7.58. The predicted molar refractivity (Wildman–Crippen MR) is 101 cm³/mol. The number of hydrogen-bond donors (Lipinski definition) is 0. The van der Waals surface area contributed by atoms with Gasteiger partial charge in [-0.05, 0) is 23.1 Å². The third-order valence-corrected chi connectivity index (χ3v) is 4.22. The van der Waals surface area contributed by atoms with Crippen molar-refractivity contribution in [1.29, 1.82) is 5.26 Å². The molecule has 0 saturated carbocycles. The average molecular weight is 365 g/mol. The molecule has 0 aliphatic carbocycles. The van der Waals surface area contributed by atoms with Crippen molar-refractivity contribution in [2.24, 2.45) is 5.41 Å². The third-order valence-electron chi connectivity index (χ3n) is 4.22. The minimum atomic E-state index is -0.117. The van der Waals surface area contributed by atoms with Gasteiger partial charge in [0.15, 0.2) is 0 Å². The number of carbonyl (C=O) groups excluding carboxylic acids is 1. The van der Waals surface area contributed by atoms with E-state index in [1.807, 2.05) is 30.3 Å². The molecular formula is C20H23N5O2. The van der Waals surface area contributed by atoms with E-state index in [-0.39, 0.29) is 17.3 Å². The highest BCUT2D eigenvalue weighted by molar-refractivity contribution is 5.93. The van der Waals surface area contributed by atoms with Crippen LogP contribution in [0.25, 0.3) is 0 Å². The topological polar surface area (TPSA) is 82.3 Å². The average Bonchev–Trinajstić information content (AvgIpc) is 2.64. The molecule has 0 atom stereocenters. The zero-order valence-electron chi connectivity index (χ0n) is 16.1. The van der Waals surface area contributed by atoms with Crippen LogP contribution in [0.1, 0.15) is 37.7 Å². The van der Waals surface area contributed by atoms with E-state index in [4.69, 9.17) is 10.00 Å². The van der Waals surface area contributed by atoms with Crippen molar-refractivity contribution in [2.45, 2.75) is 33.9 Å². The summed E-state index contributed by atoms with van der Waals surface area (Å²) < 4.78 is 5.19. The number of methoxy groups -OCH3 is 1. The molecule has 140 valence electrons. The summed E-state index contributed by atoms with van der Waals surface area (Å²) >= 11 is 0. The molecule has 0 spiro atoms. The Kier molecular flexibility index (Phi) is 5.00. The van der Waals surface area contributed by atoms with Crippen LogP contribution < -0.4 is 9.64 Å². The van der Waals surface area contributed by atoms with Gasteiger partial charge in [0.2, 0.25) is 5.82 Å². The van der Waals surface area contributed by atoms with Crippen LogP contribution in [0, 0.1) is 16.7 Å². The quantitative estimate of drug-likeness (QED) is 0.830. The predicted octanol–water partition coefficient (Wildman–Crippen LogP) is 3.35. The van der Waals surface area contributed by atoms with Crippen molar-refractivity contribution in [3.63, 3.8) is 0 Å². The van der Waals surface area contributed by atoms with Crippen molar-refractivity contribution in [3.8, 4) is 11.8 Å². The number of nitriles is 1. The minimum absolute atomic E-state index is 0.0732. The maximum absolute atomic E-state index is 13.2. The second-order valence-corrected chi connectivity index (χ2v) is 7.79. The Morgan fingerprint density at radius 3 is 2.56 bits per heavy atom. The van der Waals surface area contributed by atoms with Crippen molar-refractivity contribution in [3.05, 3.63) is 47.4 Å². The van der Waals surface area contributed by atoms with E-state index in [1.165, 1.54) is 0 Å². The van der Waals surface area contributed by atoms with Gasteiger partial charge in [0, 0.05) is 24.8 Å². The zero-order valence-corrected chi connectivity index (χ0v) is 16.1. The SMILES string of the molecule is COc1ccc(CN2Cc3cnc(C#N)nc3N(CC(C)(C)C)C2=O)cc1. The highest BCUT2D eigenvalue weighted by Gasteiger charge is 2.34. The highest BCUT2D eigenvalue weighted by atomic mass is 16.5. The Morgan fingerprint density at radius 1 is 1.26 bits per heavy atom. The van der Waals surface area contributed by atoms with E-state index >= 15 is 0 Å². The van der Waals surface area contributed by atoms with E-state index in [0.29, 0.717) is 25.5 Å². The molecule has 0 fully saturated rings. The number of fused-ring (bicyclic) bond motifs is 1. The van der Waals surface area contributed by atoms with Crippen LogP contribution in [-0.2, 0) is 13.1 Å². The standard InChI is InChI=1S/C20H23N5O2/c1-20(2,3)13-25-18-15(10-22-17(9-21)23-18)12-24(19(25)26)11-14-5-7-16(27-4)8-6-14/h5-8,10H,11-13H2,1-4H3. The normalized spacial score (nSPS) is 14.0. The summed E-state index contributed by atoms with van der Waals surface area (Å²) in [5.41, 5.74) is 1.73. The van der Waals surface area contributed by atoms with Crippen LogP contribution in [-0.4, -0.2) is 34.6 Å². The molecule has 1 aliphatic heterocycles. The first-order chi connectivity index (χ1) is 12.8. The molecule has 0 radical (unpaired) electrons. The number of anilines is 1. The second-order valence-electron chi connectivity index (χ2n) is 7.79. The Bertz CT molecular complexity index is 881. The molecule has 2 amide bonds. The molecule has 7 heteroatoms. The Labute approximate surface area is 159 Å². The molecule has 1 aliphatic rings. The van der Waals surface area contributed by atoms with E-state index in [1.54, 1.807) is 23.1 Å². The number of nitrogens with zero attached hydrogens (tertiary/aromatic N) is 5. The lowest BCUT2D eigenvalue weighted by Gasteiger charge is -2.38. The van der Waals surface area contributed by atoms with Gasteiger partial charge in [-0.2, -0.15) is 5.26 Å². The molecule has 1 aromatic heterocycles. The monoisotopic (exact) mass is 365 g/mol. The lowest BCUT2D eigenvalue weighted by atomic mass is 9.95. The Hall–Kier alpha value is -3.14. The molecule has 0 saturated heterocycles. The van der Waals surface area contributed by atoms with Gasteiger partial charge >= 0.3 is 6.03 Å². The largest absolute Gasteiger partial charge is 0.497 e. The van der Waals surface area contributed by atoms with E-state index in [0.717, 1.165) is 16.9 Å². The van der Waals surface area contributed by atoms with Gasteiger partial charge in [0.05, 0.1) is 13.7 Å². The van der Waals surface area contributed by atoms with Crippen molar-refractivity contribution in [1.82, 2.24) is 14.9 Å². The molecule has 0 unspecified atom stereocenters. The number of hydrogen-bond acceptors (Lipinski definition) is 5. The number of aromatic nitrogens is 2. The van der Waals surface area contributed by atoms with Crippen LogP contribution >= 0.6 is 0 Å². The smallest absolute Gasteiger partial charge is 0.326 e. The van der Waals surface area contributed by atoms with Crippen molar-refractivity contribution >= 4 is 11.8 Å². The molecule has 2 heterocycles. The van der Waals surface area contributed by atoms with Crippen molar-refractivity contribution in [2.75, 3.05) is 18.6 Å².